The number of nitrogens with one attached hydrogen (secondary N) is 1. The first-order chi connectivity index (χ1) is 10.0. The first-order valence-electron chi connectivity index (χ1n) is 6.98. The zero-order valence-corrected chi connectivity index (χ0v) is 13.5. The van der Waals surface area contributed by atoms with Crippen molar-refractivity contribution in [1.82, 2.24) is 5.32 Å². The molecule has 0 aliphatic heterocycles. The van der Waals surface area contributed by atoms with Crippen LogP contribution in [-0.4, -0.2) is 21.3 Å². The van der Waals surface area contributed by atoms with Crippen LogP contribution in [0.4, 0.5) is 0 Å². The maximum atomic E-state index is 5.76. The molecule has 0 amide bonds. The lowest BCUT2D eigenvalue weighted by Gasteiger charge is -2.19. The molecule has 0 radical (unpaired) electrons. The average Bonchev–Trinajstić information content (AvgIpc) is 2.74. The molecule has 4 heteroatoms. The number of aryl methyl sites for hydroxylation is 2. The van der Waals surface area contributed by atoms with E-state index in [0.717, 1.165) is 28.6 Å². The minimum absolute atomic E-state index is 0.0337. The van der Waals surface area contributed by atoms with Crippen LogP contribution >= 0.6 is 0 Å². The quantitative estimate of drug-likeness (QED) is 0.914. The number of rotatable bonds is 5. The molecule has 1 aromatic carbocycles. The van der Waals surface area contributed by atoms with Crippen molar-refractivity contribution >= 4 is 0 Å². The number of benzene rings is 1. The molecule has 0 aliphatic carbocycles. The molecule has 0 fully saturated rings. The summed E-state index contributed by atoms with van der Waals surface area (Å²) >= 11 is 0. The maximum Gasteiger partial charge on any atom is 0.122 e. The van der Waals surface area contributed by atoms with Crippen molar-refractivity contribution < 1.29 is 13.9 Å². The summed E-state index contributed by atoms with van der Waals surface area (Å²) in [4.78, 5) is 0. The molecule has 0 bridgehead atoms. The molecule has 1 unspecified atom stereocenters. The largest absolute Gasteiger partial charge is 0.497 e. The minimum atomic E-state index is 0.0337. The molecule has 1 heterocycles. The molecule has 1 aromatic heterocycles. The summed E-state index contributed by atoms with van der Waals surface area (Å²) in [6, 6.07) is 5.94. The van der Waals surface area contributed by atoms with Crippen LogP contribution in [-0.2, 0) is 0 Å². The first-order valence-corrected chi connectivity index (χ1v) is 6.98. The molecule has 2 aromatic rings. The molecule has 0 saturated carbocycles. The fourth-order valence-corrected chi connectivity index (χ4v) is 2.71. The van der Waals surface area contributed by atoms with Crippen LogP contribution in [0.5, 0.6) is 11.5 Å². The van der Waals surface area contributed by atoms with Crippen molar-refractivity contribution in [2.45, 2.75) is 26.8 Å². The third kappa shape index (κ3) is 2.90. The number of ether oxygens (including phenoxy) is 2. The third-order valence-corrected chi connectivity index (χ3v) is 3.90. The summed E-state index contributed by atoms with van der Waals surface area (Å²) in [6.07, 6.45) is 0. The van der Waals surface area contributed by atoms with Crippen LogP contribution in [0, 0.1) is 20.8 Å². The van der Waals surface area contributed by atoms with Crippen LogP contribution in [0.3, 0.4) is 0 Å². The van der Waals surface area contributed by atoms with E-state index in [9.17, 15) is 0 Å². The van der Waals surface area contributed by atoms with Gasteiger partial charge < -0.3 is 19.2 Å². The van der Waals surface area contributed by atoms with Crippen molar-refractivity contribution in [2.75, 3.05) is 21.3 Å². The van der Waals surface area contributed by atoms with Gasteiger partial charge in [-0.05, 0) is 51.1 Å². The Kier molecular flexibility index (Phi) is 4.58. The Labute approximate surface area is 126 Å². The molecular weight excluding hydrogens is 266 g/mol. The van der Waals surface area contributed by atoms with Gasteiger partial charge >= 0.3 is 0 Å². The van der Waals surface area contributed by atoms with Gasteiger partial charge in [0.1, 0.15) is 23.0 Å². The Balaban J connectivity index is 2.55. The molecule has 0 spiro atoms. The summed E-state index contributed by atoms with van der Waals surface area (Å²) in [5.41, 5.74) is 3.43. The van der Waals surface area contributed by atoms with Gasteiger partial charge in [0.05, 0.1) is 20.3 Å². The van der Waals surface area contributed by atoms with Gasteiger partial charge in [0, 0.05) is 11.6 Å². The lowest BCUT2D eigenvalue weighted by molar-refractivity contribution is 0.392. The highest BCUT2D eigenvalue weighted by Crippen LogP contribution is 2.34. The van der Waals surface area contributed by atoms with E-state index in [-0.39, 0.29) is 6.04 Å². The lowest BCUT2D eigenvalue weighted by Crippen LogP contribution is -2.19. The molecule has 0 aliphatic rings. The highest BCUT2D eigenvalue weighted by atomic mass is 16.5. The first kappa shape index (κ1) is 15.4. The van der Waals surface area contributed by atoms with E-state index >= 15 is 0 Å². The topological polar surface area (TPSA) is 43.6 Å². The zero-order valence-electron chi connectivity index (χ0n) is 13.5. The normalized spacial score (nSPS) is 12.3. The van der Waals surface area contributed by atoms with Crippen molar-refractivity contribution in [1.29, 1.82) is 0 Å². The van der Waals surface area contributed by atoms with Gasteiger partial charge in [0.2, 0.25) is 0 Å². The number of furan rings is 1. The maximum absolute atomic E-state index is 5.76. The van der Waals surface area contributed by atoms with E-state index in [1.165, 1.54) is 11.1 Å². The number of hydrogen-bond acceptors (Lipinski definition) is 4. The Hall–Kier alpha value is -1.94. The molecule has 0 saturated heterocycles. The molecule has 1 atom stereocenters. The fraction of sp³-hybridized carbons (Fsp3) is 0.412. The number of methoxy groups -OCH3 is 2. The summed E-state index contributed by atoms with van der Waals surface area (Å²) < 4.78 is 16.5. The zero-order chi connectivity index (χ0) is 15.6. The molecule has 21 heavy (non-hydrogen) atoms. The van der Waals surface area contributed by atoms with Gasteiger partial charge in [-0.1, -0.05) is 0 Å². The molecule has 1 N–H and O–H groups in total. The Bertz CT molecular complexity index is 609. The summed E-state index contributed by atoms with van der Waals surface area (Å²) in [5, 5.41) is 3.36. The third-order valence-electron chi connectivity index (χ3n) is 3.90. The van der Waals surface area contributed by atoms with Gasteiger partial charge in [0.15, 0.2) is 0 Å². The SMILES string of the molecule is CNC(c1cc(OC)cc(OC)c1)c1c(C)oc(C)c1C. The van der Waals surface area contributed by atoms with Crippen LogP contribution in [0.2, 0.25) is 0 Å². The second-order valence-electron chi connectivity index (χ2n) is 5.12. The van der Waals surface area contributed by atoms with Gasteiger partial charge in [0.25, 0.3) is 0 Å². The Morgan fingerprint density at radius 1 is 0.952 bits per heavy atom. The van der Waals surface area contributed by atoms with E-state index < -0.39 is 0 Å². The average molecular weight is 289 g/mol. The van der Waals surface area contributed by atoms with Gasteiger partial charge in [-0.25, -0.2) is 0 Å². The van der Waals surface area contributed by atoms with Crippen molar-refractivity contribution in [3.8, 4) is 11.5 Å². The molecule has 114 valence electrons. The van der Waals surface area contributed by atoms with E-state index in [0.29, 0.717) is 0 Å². The van der Waals surface area contributed by atoms with E-state index in [2.05, 4.69) is 12.2 Å². The van der Waals surface area contributed by atoms with Crippen LogP contribution in [0.25, 0.3) is 0 Å². The van der Waals surface area contributed by atoms with Crippen LogP contribution < -0.4 is 14.8 Å². The standard InChI is InChI=1S/C17H23NO3/c1-10-11(2)21-12(3)16(10)17(18-4)13-7-14(19-5)9-15(8-13)20-6/h7-9,17-18H,1-6H3. The molecule has 2 rings (SSSR count). The smallest absolute Gasteiger partial charge is 0.122 e. The van der Waals surface area contributed by atoms with E-state index in [1.54, 1.807) is 14.2 Å². The number of hydrogen-bond donors (Lipinski definition) is 1. The minimum Gasteiger partial charge on any atom is -0.497 e. The van der Waals surface area contributed by atoms with Crippen LogP contribution in [0.15, 0.2) is 22.6 Å². The highest BCUT2D eigenvalue weighted by Gasteiger charge is 2.22. The Morgan fingerprint density at radius 3 is 1.90 bits per heavy atom. The van der Waals surface area contributed by atoms with Gasteiger partial charge in [-0.2, -0.15) is 0 Å². The summed E-state index contributed by atoms with van der Waals surface area (Å²) in [6.45, 7) is 6.07. The second-order valence-corrected chi connectivity index (χ2v) is 5.12. The predicted molar refractivity (Wildman–Crippen MR) is 83.4 cm³/mol. The van der Waals surface area contributed by atoms with Crippen molar-refractivity contribution in [2.24, 2.45) is 0 Å². The fourth-order valence-electron chi connectivity index (χ4n) is 2.71. The summed E-state index contributed by atoms with van der Waals surface area (Å²) in [5.74, 6) is 3.45. The van der Waals surface area contributed by atoms with Crippen molar-refractivity contribution in [3.05, 3.63) is 46.4 Å². The lowest BCUT2D eigenvalue weighted by atomic mass is 9.95. The molecule has 4 nitrogen and oxygen atoms in total. The van der Waals surface area contributed by atoms with E-state index in [1.807, 2.05) is 39.1 Å². The second kappa shape index (κ2) is 6.22. The predicted octanol–water partition coefficient (Wildman–Crippen LogP) is 3.53. The van der Waals surface area contributed by atoms with Gasteiger partial charge in [-0.3, -0.25) is 0 Å². The molecular formula is C17H23NO3. The van der Waals surface area contributed by atoms with Crippen LogP contribution in [0.1, 0.15) is 34.3 Å². The van der Waals surface area contributed by atoms with Crippen molar-refractivity contribution in [3.63, 3.8) is 0 Å². The van der Waals surface area contributed by atoms with Gasteiger partial charge in [-0.15, -0.1) is 0 Å². The highest BCUT2D eigenvalue weighted by molar-refractivity contribution is 5.46. The van der Waals surface area contributed by atoms with E-state index in [4.69, 9.17) is 13.9 Å². The summed E-state index contributed by atoms with van der Waals surface area (Å²) in [7, 11) is 5.26. The monoisotopic (exact) mass is 289 g/mol. The Morgan fingerprint density at radius 2 is 1.52 bits per heavy atom.